The number of aromatic nitrogens is 1. The Hall–Kier alpha value is -8.34. The van der Waals surface area contributed by atoms with Crippen molar-refractivity contribution in [1.29, 1.82) is 0 Å². The number of carbonyl (C=O) groups excluding carboxylic acids is 1. The summed E-state index contributed by atoms with van der Waals surface area (Å²) in [6.45, 7) is 1.57. The fourth-order valence-electron chi connectivity index (χ4n) is 9.55. The molecule has 0 aliphatic carbocycles. The van der Waals surface area contributed by atoms with Gasteiger partial charge in [-0.1, -0.05) is 364 Å². The largest absolute Gasteiger partial charge is 0.300 e. The Morgan fingerprint density at radius 1 is 0.264 bits per heavy atom. The lowest BCUT2D eigenvalue weighted by atomic mass is 10.2. The van der Waals surface area contributed by atoms with Crippen molar-refractivity contribution in [3.8, 4) is 0 Å². The molecule has 2 nitrogen and oxygen atoms in total. The first-order chi connectivity index (χ1) is 43.0. The second-order valence-corrected chi connectivity index (χ2v) is 29.6. The van der Waals surface area contributed by atoms with Crippen LogP contribution in [0.5, 0.6) is 0 Å². The third-order valence-electron chi connectivity index (χ3n) is 13.4. The fraction of sp³-hybridized carbons (Fsp3) is 0.0250. The molecule has 0 fully saturated rings. The standard InChI is InChI=1S/4C18H15P.C8H8BrNO/c4*1-4-10-16(11-5-1)19(17-12-6-2-7-13-17)18-14-8-3-9-15-18;1-6(11)2-7-3-8(9)5-10-4-7/h4*1-15H;3-5H,2H2,1H3. The first-order valence-electron chi connectivity index (χ1n) is 28.9. The van der Waals surface area contributed by atoms with Gasteiger partial charge < -0.3 is 0 Å². The lowest BCUT2D eigenvalue weighted by Crippen LogP contribution is -2.20. The van der Waals surface area contributed by atoms with Crippen molar-refractivity contribution in [3.63, 3.8) is 0 Å². The predicted molar refractivity (Wildman–Crippen MR) is 387 cm³/mol. The number of ketones is 1. The number of nitrogens with zero attached hydrogens (tertiary/aromatic N) is 1. The molecule has 7 heteroatoms. The van der Waals surface area contributed by atoms with Gasteiger partial charge in [-0.05, 0) is 130 Å². The minimum Gasteiger partial charge on any atom is -0.300 e. The molecule has 1 aromatic heterocycles. The molecule has 13 aromatic rings. The third kappa shape index (κ3) is 19.8. The minimum atomic E-state index is -0.446. The van der Waals surface area contributed by atoms with Gasteiger partial charge in [0.05, 0.1) is 0 Å². The summed E-state index contributed by atoms with van der Waals surface area (Å²) >= 11 is 3.28. The van der Waals surface area contributed by atoms with Gasteiger partial charge in [-0.2, -0.15) is 0 Å². The van der Waals surface area contributed by atoms with E-state index in [-0.39, 0.29) is 5.78 Å². The molecule has 0 spiro atoms. The van der Waals surface area contributed by atoms with Crippen molar-refractivity contribution < 1.29 is 4.79 Å². The van der Waals surface area contributed by atoms with Crippen LogP contribution in [0.2, 0.25) is 0 Å². The molecule has 0 aliphatic rings. The Balaban J connectivity index is 0.000000131. The van der Waals surface area contributed by atoms with E-state index in [0.29, 0.717) is 6.42 Å². The highest BCUT2D eigenvalue weighted by atomic mass is 79.9. The van der Waals surface area contributed by atoms with Gasteiger partial charge in [0.25, 0.3) is 0 Å². The van der Waals surface area contributed by atoms with E-state index in [0.717, 1.165) is 10.0 Å². The third-order valence-corrected chi connectivity index (χ3v) is 23.6. The Labute approximate surface area is 528 Å². The van der Waals surface area contributed by atoms with Gasteiger partial charge >= 0.3 is 0 Å². The lowest BCUT2D eigenvalue weighted by Gasteiger charge is -2.18. The van der Waals surface area contributed by atoms with E-state index in [1.807, 2.05) is 6.07 Å². The van der Waals surface area contributed by atoms with Gasteiger partial charge in [0.15, 0.2) is 0 Å². The zero-order valence-corrected chi connectivity index (χ0v) is 53.8. The maximum absolute atomic E-state index is 10.7. The number of rotatable bonds is 14. The minimum absolute atomic E-state index is 0.157. The van der Waals surface area contributed by atoms with Crippen LogP contribution in [-0.2, 0) is 11.2 Å². The highest BCUT2D eigenvalue weighted by molar-refractivity contribution is 9.10. The van der Waals surface area contributed by atoms with Crippen molar-refractivity contribution in [2.45, 2.75) is 13.3 Å². The zero-order chi connectivity index (χ0) is 59.9. The molecule has 0 bridgehead atoms. The van der Waals surface area contributed by atoms with Crippen molar-refractivity contribution in [2.24, 2.45) is 0 Å². The fourth-order valence-corrected chi connectivity index (χ4v) is 19.2. The first-order valence-corrected chi connectivity index (χ1v) is 35.0. The van der Waals surface area contributed by atoms with Crippen LogP contribution in [0.1, 0.15) is 12.5 Å². The Kier molecular flexibility index (Phi) is 25.7. The zero-order valence-electron chi connectivity index (χ0n) is 48.6. The van der Waals surface area contributed by atoms with Crippen LogP contribution in [0, 0.1) is 0 Å². The molecule has 0 aliphatic heterocycles. The van der Waals surface area contributed by atoms with Crippen LogP contribution >= 0.6 is 47.6 Å². The molecule has 426 valence electrons. The van der Waals surface area contributed by atoms with Crippen LogP contribution < -0.4 is 63.7 Å². The van der Waals surface area contributed by atoms with Crippen LogP contribution in [0.3, 0.4) is 0 Å². The number of hydrogen-bond donors (Lipinski definition) is 0. The summed E-state index contributed by atoms with van der Waals surface area (Å²) in [6.07, 6.45) is 3.86. The predicted octanol–water partition coefficient (Wildman–Crippen LogP) is 15.8. The molecule has 0 atom stereocenters. The Bertz CT molecular complexity index is 3110. The van der Waals surface area contributed by atoms with Gasteiger partial charge in [-0.25, -0.2) is 0 Å². The topological polar surface area (TPSA) is 30.0 Å². The molecule has 0 amide bonds. The number of pyridine rings is 1. The van der Waals surface area contributed by atoms with E-state index in [1.165, 1.54) is 63.7 Å². The van der Waals surface area contributed by atoms with Gasteiger partial charge in [0.1, 0.15) is 5.78 Å². The normalized spacial score (nSPS) is 10.5. The number of carbonyl (C=O) groups is 1. The van der Waals surface area contributed by atoms with E-state index in [2.05, 4.69) is 385 Å². The van der Waals surface area contributed by atoms with E-state index >= 15 is 0 Å². The first kappa shape index (κ1) is 63.2. The smallest absolute Gasteiger partial charge is 0.134 e. The molecule has 87 heavy (non-hydrogen) atoms. The van der Waals surface area contributed by atoms with E-state index in [4.69, 9.17) is 0 Å². The maximum atomic E-state index is 10.7. The van der Waals surface area contributed by atoms with Crippen molar-refractivity contribution in [3.05, 3.63) is 392 Å². The number of benzene rings is 12. The number of hydrogen-bond acceptors (Lipinski definition) is 2. The van der Waals surface area contributed by atoms with E-state index in [1.54, 1.807) is 19.3 Å². The van der Waals surface area contributed by atoms with Crippen LogP contribution in [0.15, 0.2) is 387 Å². The van der Waals surface area contributed by atoms with Crippen LogP contribution in [-0.4, -0.2) is 10.8 Å². The van der Waals surface area contributed by atoms with Gasteiger partial charge in [-0.15, -0.1) is 0 Å². The second kappa shape index (κ2) is 35.3. The molecule has 0 unspecified atom stereocenters. The molecule has 1 heterocycles. The molecule has 0 N–H and O–H groups in total. The van der Waals surface area contributed by atoms with Crippen molar-refractivity contribution in [1.82, 2.24) is 4.98 Å². The molecule has 0 saturated carbocycles. The van der Waals surface area contributed by atoms with Gasteiger partial charge in [0, 0.05) is 23.3 Å². The lowest BCUT2D eigenvalue weighted by molar-refractivity contribution is -0.116. The molecular formula is C80H68BrNOP4. The summed E-state index contributed by atoms with van der Waals surface area (Å²) in [5, 5.41) is 16.8. The summed E-state index contributed by atoms with van der Waals surface area (Å²) in [5.41, 5.74) is 0.951. The monoisotopic (exact) mass is 1260 g/mol. The van der Waals surface area contributed by atoms with Gasteiger partial charge in [-0.3, -0.25) is 9.78 Å². The summed E-state index contributed by atoms with van der Waals surface area (Å²) < 4.78 is 0.913. The number of Topliss-reactive ketones (excluding diaryl/α,β-unsaturated/α-hetero) is 1. The molecule has 12 aromatic carbocycles. The van der Waals surface area contributed by atoms with Crippen molar-refractivity contribution >= 4 is 117 Å². The van der Waals surface area contributed by atoms with Gasteiger partial charge in [0.2, 0.25) is 0 Å². The SMILES string of the molecule is CC(=O)Cc1cncc(Br)c1.c1ccc(P(c2ccccc2)c2ccccc2)cc1.c1ccc(P(c2ccccc2)c2ccccc2)cc1.c1ccc(P(c2ccccc2)c2ccccc2)cc1.c1ccc(P(c2ccccc2)c2ccccc2)cc1. The van der Waals surface area contributed by atoms with Crippen LogP contribution in [0.25, 0.3) is 0 Å². The quantitative estimate of drug-likeness (QED) is 0.102. The van der Waals surface area contributed by atoms with Crippen LogP contribution in [0.4, 0.5) is 0 Å². The van der Waals surface area contributed by atoms with Crippen molar-refractivity contribution in [2.75, 3.05) is 0 Å². The highest BCUT2D eigenvalue weighted by Gasteiger charge is 2.19. The number of halogens is 1. The highest BCUT2D eigenvalue weighted by Crippen LogP contribution is 2.35. The molecule has 13 rings (SSSR count). The second-order valence-electron chi connectivity index (χ2n) is 19.8. The maximum Gasteiger partial charge on any atom is 0.134 e. The Morgan fingerprint density at radius 3 is 0.540 bits per heavy atom. The average Bonchev–Trinajstić information content (AvgIpc) is 3.75. The summed E-state index contributed by atoms with van der Waals surface area (Å²) in [7, 11) is -1.78. The van der Waals surface area contributed by atoms with E-state index in [9.17, 15) is 4.79 Å². The molecule has 0 radical (unpaired) electrons. The molecule has 0 saturated heterocycles. The average molecular weight is 1260 g/mol. The summed E-state index contributed by atoms with van der Waals surface area (Å²) in [6, 6.07) is 131. The summed E-state index contributed by atoms with van der Waals surface area (Å²) in [5.74, 6) is 0.157. The summed E-state index contributed by atoms with van der Waals surface area (Å²) in [4.78, 5) is 14.6. The Morgan fingerprint density at radius 2 is 0.414 bits per heavy atom. The van der Waals surface area contributed by atoms with E-state index < -0.39 is 31.7 Å². The molecular weight excluding hydrogens is 1190 g/mol.